The predicted molar refractivity (Wildman–Crippen MR) is 97.1 cm³/mol. The number of rotatable bonds is 4. The molecule has 0 saturated carbocycles. The summed E-state index contributed by atoms with van der Waals surface area (Å²) in [5.41, 5.74) is 0.923. The van der Waals surface area contributed by atoms with Gasteiger partial charge in [-0.25, -0.2) is 4.68 Å². The molecule has 1 aliphatic rings. The van der Waals surface area contributed by atoms with Gasteiger partial charge in [-0.15, -0.1) is 0 Å². The lowest BCUT2D eigenvalue weighted by molar-refractivity contribution is 0.100. The van der Waals surface area contributed by atoms with E-state index in [1.165, 1.54) is 25.7 Å². The number of aromatic nitrogens is 3. The molecule has 0 amide bonds. The highest BCUT2D eigenvalue weighted by atomic mass is 35.5. The monoisotopic (exact) mass is 350 g/mol. The zero-order valence-corrected chi connectivity index (χ0v) is 15.3. The number of piperidine rings is 1. The van der Waals surface area contributed by atoms with Crippen LogP contribution in [0.5, 0.6) is 0 Å². The number of likely N-dealkylation sites (tertiary alicyclic amines) is 1. The quantitative estimate of drug-likeness (QED) is 0.760. The molecule has 0 N–H and O–H groups in total. The first kappa shape index (κ1) is 16.7. The maximum atomic E-state index is 6.32. The molecule has 0 aliphatic carbocycles. The molecule has 23 heavy (non-hydrogen) atoms. The fourth-order valence-corrected chi connectivity index (χ4v) is 3.74. The molecule has 0 radical (unpaired) electrons. The van der Waals surface area contributed by atoms with E-state index >= 15 is 0 Å². The van der Waals surface area contributed by atoms with Crippen LogP contribution >= 0.6 is 23.8 Å². The van der Waals surface area contributed by atoms with Crippen molar-refractivity contribution in [2.75, 3.05) is 6.54 Å². The average molecular weight is 351 g/mol. The highest BCUT2D eigenvalue weighted by Crippen LogP contribution is 2.26. The first-order valence-electron chi connectivity index (χ1n) is 8.24. The van der Waals surface area contributed by atoms with Crippen molar-refractivity contribution in [3.63, 3.8) is 0 Å². The van der Waals surface area contributed by atoms with Crippen molar-refractivity contribution >= 4 is 23.8 Å². The number of halogens is 1. The third-order valence-corrected chi connectivity index (χ3v) is 5.51. The molecule has 2 aromatic rings. The third-order valence-electron chi connectivity index (χ3n) is 4.69. The highest BCUT2D eigenvalue weighted by Gasteiger charge is 2.22. The van der Waals surface area contributed by atoms with E-state index in [1.807, 2.05) is 40.6 Å². The van der Waals surface area contributed by atoms with Crippen molar-refractivity contribution in [2.24, 2.45) is 7.05 Å². The van der Waals surface area contributed by atoms with Gasteiger partial charge in [0.05, 0.1) is 11.7 Å². The van der Waals surface area contributed by atoms with Crippen molar-refractivity contribution in [2.45, 2.75) is 45.3 Å². The molecule has 0 spiro atoms. The van der Waals surface area contributed by atoms with Crippen LogP contribution in [0.3, 0.4) is 0 Å². The summed E-state index contributed by atoms with van der Waals surface area (Å²) in [6, 6.07) is 8.41. The molecule has 1 atom stereocenters. The van der Waals surface area contributed by atoms with E-state index < -0.39 is 0 Å². The minimum absolute atomic E-state index is 0.636. The Morgan fingerprint density at radius 3 is 2.83 bits per heavy atom. The second kappa shape index (κ2) is 7.16. The van der Waals surface area contributed by atoms with Crippen molar-refractivity contribution < 1.29 is 0 Å². The second-order valence-corrected chi connectivity index (χ2v) is 6.93. The molecule has 6 heteroatoms. The SMILES string of the molecule is CC[C@H]1CCCCN1Cn1nc(-c2ccccc2Cl)n(C)c1=S. The van der Waals surface area contributed by atoms with Crippen LogP contribution in [-0.2, 0) is 13.7 Å². The van der Waals surface area contributed by atoms with E-state index in [-0.39, 0.29) is 0 Å². The summed E-state index contributed by atoms with van der Waals surface area (Å²) in [7, 11) is 1.96. The van der Waals surface area contributed by atoms with E-state index in [0.717, 1.165) is 29.4 Å². The van der Waals surface area contributed by atoms with Crippen molar-refractivity contribution in [1.82, 2.24) is 19.2 Å². The van der Waals surface area contributed by atoms with Gasteiger partial charge in [0.1, 0.15) is 0 Å². The fraction of sp³-hybridized carbons (Fsp3) is 0.529. The zero-order chi connectivity index (χ0) is 16.4. The minimum Gasteiger partial charge on any atom is -0.303 e. The van der Waals surface area contributed by atoms with Crippen molar-refractivity contribution in [1.29, 1.82) is 0 Å². The molecule has 124 valence electrons. The molecular formula is C17H23ClN4S. The summed E-state index contributed by atoms with van der Waals surface area (Å²) < 4.78 is 4.61. The zero-order valence-electron chi connectivity index (χ0n) is 13.7. The van der Waals surface area contributed by atoms with Gasteiger partial charge in [0.2, 0.25) is 0 Å². The molecule has 1 aliphatic heterocycles. The number of hydrogen-bond donors (Lipinski definition) is 0. The van der Waals surface area contributed by atoms with Crippen LogP contribution in [0.4, 0.5) is 0 Å². The molecule has 1 saturated heterocycles. The first-order valence-corrected chi connectivity index (χ1v) is 9.03. The smallest absolute Gasteiger partial charge is 0.199 e. The standard InChI is InChI=1S/C17H23ClN4S/c1-3-13-8-6-7-11-21(13)12-22-17(23)20(2)16(19-22)14-9-4-5-10-15(14)18/h4-5,9-10,13H,3,6-8,11-12H2,1-2H3/t13-/m0/s1. The second-order valence-electron chi connectivity index (χ2n) is 6.16. The van der Waals surface area contributed by atoms with Gasteiger partial charge in [0.25, 0.3) is 0 Å². The molecule has 0 bridgehead atoms. The number of hydrogen-bond acceptors (Lipinski definition) is 3. The van der Waals surface area contributed by atoms with Gasteiger partial charge in [-0.1, -0.05) is 37.1 Å². The normalized spacial score (nSPS) is 19.2. The van der Waals surface area contributed by atoms with E-state index in [9.17, 15) is 0 Å². The van der Waals surface area contributed by atoms with Crippen LogP contribution in [0.15, 0.2) is 24.3 Å². The van der Waals surface area contributed by atoms with E-state index in [1.54, 1.807) is 0 Å². The molecule has 1 fully saturated rings. The van der Waals surface area contributed by atoms with Gasteiger partial charge in [-0.05, 0) is 43.6 Å². The molecule has 4 nitrogen and oxygen atoms in total. The van der Waals surface area contributed by atoms with Gasteiger partial charge < -0.3 is 4.57 Å². The lowest BCUT2D eigenvalue weighted by Crippen LogP contribution is -2.40. The Balaban J connectivity index is 1.91. The van der Waals surface area contributed by atoms with Crippen LogP contribution < -0.4 is 0 Å². The first-order chi connectivity index (χ1) is 11.1. The summed E-state index contributed by atoms with van der Waals surface area (Å²) in [6.45, 7) is 4.14. The van der Waals surface area contributed by atoms with Gasteiger partial charge in [0, 0.05) is 25.2 Å². The lowest BCUT2D eigenvalue weighted by atomic mass is 10.0. The summed E-state index contributed by atoms with van der Waals surface area (Å²) >= 11 is 11.9. The van der Waals surface area contributed by atoms with Gasteiger partial charge in [-0.2, -0.15) is 5.10 Å². The summed E-state index contributed by atoms with van der Waals surface area (Å²) in [5, 5.41) is 5.45. The largest absolute Gasteiger partial charge is 0.303 e. The summed E-state index contributed by atoms with van der Waals surface area (Å²) in [5.74, 6) is 0.825. The lowest BCUT2D eigenvalue weighted by Gasteiger charge is -2.34. The van der Waals surface area contributed by atoms with Crippen molar-refractivity contribution in [3.05, 3.63) is 34.1 Å². The summed E-state index contributed by atoms with van der Waals surface area (Å²) in [6.07, 6.45) is 5.03. The summed E-state index contributed by atoms with van der Waals surface area (Å²) in [4.78, 5) is 2.50. The Bertz CT molecular complexity index is 736. The number of nitrogens with zero attached hydrogens (tertiary/aromatic N) is 4. The molecule has 2 heterocycles. The van der Waals surface area contributed by atoms with Crippen LogP contribution in [0.25, 0.3) is 11.4 Å². The molecule has 1 aromatic carbocycles. The Hall–Kier alpha value is -1.17. The van der Waals surface area contributed by atoms with Gasteiger partial charge in [0.15, 0.2) is 10.6 Å². The van der Waals surface area contributed by atoms with E-state index in [4.69, 9.17) is 28.9 Å². The minimum atomic E-state index is 0.636. The van der Waals surface area contributed by atoms with E-state index in [0.29, 0.717) is 11.1 Å². The topological polar surface area (TPSA) is 26.0 Å². The van der Waals surface area contributed by atoms with Crippen LogP contribution in [0, 0.1) is 4.77 Å². The maximum absolute atomic E-state index is 6.32. The Morgan fingerprint density at radius 2 is 2.09 bits per heavy atom. The molecule has 3 rings (SSSR count). The Labute approximate surface area is 147 Å². The van der Waals surface area contributed by atoms with E-state index in [2.05, 4.69) is 11.8 Å². The Morgan fingerprint density at radius 1 is 1.30 bits per heavy atom. The number of benzene rings is 1. The van der Waals surface area contributed by atoms with Crippen molar-refractivity contribution in [3.8, 4) is 11.4 Å². The van der Waals surface area contributed by atoms with Gasteiger partial charge in [-0.3, -0.25) is 4.90 Å². The third kappa shape index (κ3) is 3.37. The maximum Gasteiger partial charge on any atom is 0.199 e. The molecular weight excluding hydrogens is 328 g/mol. The molecule has 0 unspecified atom stereocenters. The average Bonchev–Trinajstić information content (AvgIpc) is 2.84. The van der Waals surface area contributed by atoms with Crippen LogP contribution in [-0.4, -0.2) is 31.8 Å². The van der Waals surface area contributed by atoms with Gasteiger partial charge >= 0.3 is 0 Å². The van der Waals surface area contributed by atoms with Crippen LogP contribution in [0.1, 0.15) is 32.6 Å². The Kier molecular flexibility index (Phi) is 5.19. The predicted octanol–water partition coefficient (Wildman–Crippen LogP) is 4.49. The highest BCUT2D eigenvalue weighted by molar-refractivity contribution is 7.71. The fourth-order valence-electron chi connectivity index (χ4n) is 3.34. The van der Waals surface area contributed by atoms with Crippen LogP contribution in [0.2, 0.25) is 5.02 Å². The molecule has 1 aromatic heterocycles.